The number of rotatable bonds is 3. The number of ether oxygens (including phenoxy) is 2. The van der Waals surface area contributed by atoms with Crippen molar-refractivity contribution in [1.82, 2.24) is 0 Å². The molecule has 0 N–H and O–H groups in total. The number of nitrogens with zero attached hydrogens (tertiary/aromatic N) is 2. The number of nitriles is 1. The van der Waals surface area contributed by atoms with E-state index in [1.54, 1.807) is 11.9 Å². The largest absolute Gasteiger partial charge is 0.465 e. The van der Waals surface area contributed by atoms with Gasteiger partial charge in [0.25, 0.3) is 0 Å². The number of carbonyl (C=O) groups excluding carboxylic acids is 1. The summed E-state index contributed by atoms with van der Waals surface area (Å²) in [7, 11) is 1.74. The van der Waals surface area contributed by atoms with E-state index in [9.17, 15) is 4.79 Å². The lowest BCUT2D eigenvalue weighted by molar-refractivity contribution is -0.122. The van der Waals surface area contributed by atoms with Crippen LogP contribution in [0.2, 0.25) is 0 Å². The molecule has 5 heteroatoms. The summed E-state index contributed by atoms with van der Waals surface area (Å²) in [5.74, 6) is 0.646. The Hall–Kier alpha value is -2.06. The quantitative estimate of drug-likeness (QED) is 0.861. The Morgan fingerprint density at radius 2 is 2.32 bits per heavy atom. The van der Waals surface area contributed by atoms with E-state index in [0.29, 0.717) is 5.75 Å². The van der Waals surface area contributed by atoms with Gasteiger partial charge in [-0.3, -0.25) is 4.79 Å². The first-order valence-electron chi connectivity index (χ1n) is 7.64. The summed E-state index contributed by atoms with van der Waals surface area (Å²) in [6.07, 6.45) is 2.99. The third-order valence-electron chi connectivity index (χ3n) is 4.54. The Kier molecular flexibility index (Phi) is 3.79. The lowest BCUT2D eigenvalue weighted by Gasteiger charge is -2.24. The van der Waals surface area contributed by atoms with Crippen molar-refractivity contribution in [2.45, 2.75) is 44.3 Å². The Morgan fingerprint density at radius 3 is 3.00 bits per heavy atom. The molecule has 2 atom stereocenters. The Labute approximate surface area is 130 Å². The van der Waals surface area contributed by atoms with E-state index >= 15 is 0 Å². The summed E-state index contributed by atoms with van der Waals surface area (Å²) in [5, 5.41) is 9.08. The number of hydrogen-bond donors (Lipinski definition) is 0. The fourth-order valence-corrected chi connectivity index (χ4v) is 3.20. The van der Waals surface area contributed by atoms with Gasteiger partial charge in [0.1, 0.15) is 5.75 Å². The molecular weight excluding hydrogens is 280 g/mol. The molecule has 0 bridgehead atoms. The summed E-state index contributed by atoms with van der Waals surface area (Å²) in [6.45, 7) is 2.55. The Bertz CT molecular complexity index is 631. The van der Waals surface area contributed by atoms with Gasteiger partial charge in [0.2, 0.25) is 5.91 Å². The van der Waals surface area contributed by atoms with Gasteiger partial charge in [0.05, 0.1) is 24.5 Å². The summed E-state index contributed by atoms with van der Waals surface area (Å²) in [6, 6.07) is 7.75. The number of hydrogen-bond acceptors (Lipinski definition) is 4. The molecule has 0 radical (unpaired) electrons. The van der Waals surface area contributed by atoms with Gasteiger partial charge in [0.15, 0.2) is 6.29 Å². The molecule has 1 amide bonds. The van der Waals surface area contributed by atoms with Crippen molar-refractivity contribution in [3.63, 3.8) is 0 Å². The van der Waals surface area contributed by atoms with Crippen molar-refractivity contribution >= 4 is 11.6 Å². The van der Waals surface area contributed by atoms with Crippen molar-refractivity contribution in [1.29, 1.82) is 5.26 Å². The molecular formula is C17H20N2O3. The first-order chi connectivity index (χ1) is 10.6. The van der Waals surface area contributed by atoms with Crippen LogP contribution in [0.25, 0.3) is 0 Å². The molecule has 2 aliphatic heterocycles. The van der Waals surface area contributed by atoms with Crippen LogP contribution in [0.1, 0.15) is 38.2 Å². The van der Waals surface area contributed by atoms with Gasteiger partial charge in [-0.1, -0.05) is 0 Å². The fourth-order valence-electron chi connectivity index (χ4n) is 3.20. The van der Waals surface area contributed by atoms with Gasteiger partial charge in [-0.15, -0.1) is 0 Å². The molecule has 2 unspecified atom stereocenters. The first-order valence-corrected chi connectivity index (χ1v) is 7.64. The zero-order valence-corrected chi connectivity index (χ0v) is 13.0. The van der Waals surface area contributed by atoms with E-state index in [1.165, 1.54) is 0 Å². The second-order valence-electron chi connectivity index (χ2n) is 6.12. The van der Waals surface area contributed by atoms with E-state index in [4.69, 9.17) is 14.7 Å². The third-order valence-corrected chi connectivity index (χ3v) is 4.54. The number of anilines is 1. The summed E-state index contributed by atoms with van der Waals surface area (Å²) >= 11 is 0. The summed E-state index contributed by atoms with van der Waals surface area (Å²) in [5.41, 5.74) is 0.903. The van der Waals surface area contributed by atoms with Crippen molar-refractivity contribution in [3.8, 4) is 11.8 Å². The minimum atomic E-state index is -0.800. The SMILES string of the molecule is CN1C(=O)C(C)(CC#N)c2cc(OC3CCCCO3)ccc21. The van der Waals surface area contributed by atoms with Gasteiger partial charge in [-0.25, -0.2) is 0 Å². The molecule has 3 rings (SSSR count). The number of likely N-dealkylation sites (N-methyl/N-ethyl adjacent to an activating group) is 1. The van der Waals surface area contributed by atoms with Gasteiger partial charge < -0.3 is 14.4 Å². The van der Waals surface area contributed by atoms with Gasteiger partial charge in [-0.05, 0) is 43.5 Å². The van der Waals surface area contributed by atoms with Crippen LogP contribution in [0, 0.1) is 11.3 Å². The van der Waals surface area contributed by atoms with E-state index in [0.717, 1.165) is 37.1 Å². The molecule has 0 saturated carbocycles. The molecule has 2 aliphatic rings. The van der Waals surface area contributed by atoms with E-state index in [1.807, 2.05) is 25.1 Å². The maximum absolute atomic E-state index is 12.5. The second kappa shape index (κ2) is 5.62. The minimum Gasteiger partial charge on any atom is -0.465 e. The van der Waals surface area contributed by atoms with Crippen LogP contribution >= 0.6 is 0 Å². The van der Waals surface area contributed by atoms with Crippen molar-refractivity contribution in [2.24, 2.45) is 0 Å². The van der Waals surface area contributed by atoms with Gasteiger partial charge in [0, 0.05) is 19.2 Å². The predicted molar refractivity (Wildman–Crippen MR) is 81.7 cm³/mol. The number of carbonyl (C=O) groups is 1. The van der Waals surface area contributed by atoms with Crippen molar-refractivity contribution in [2.75, 3.05) is 18.6 Å². The average Bonchev–Trinajstić information content (AvgIpc) is 2.71. The highest BCUT2D eigenvalue weighted by atomic mass is 16.7. The maximum Gasteiger partial charge on any atom is 0.238 e. The molecule has 1 fully saturated rings. The predicted octanol–water partition coefficient (Wildman–Crippen LogP) is 2.74. The average molecular weight is 300 g/mol. The van der Waals surface area contributed by atoms with E-state index < -0.39 is 5.41 Å². The zero-order chi connectivity index (χ0) is 15.7. The number of amides is 1. The van der Waals surface area contributed by atoms with Crippen LogP contribution in [0.5, 0.6) is 5.75 Å². The van der Waals surface area contributed by atoms with Crippen LogP contribution in [0.15, 0.2) is 18.2 Å². The monoisotopic (exact) mass is 300 g/mol. The van der Waals surface area contributed by atoms with Crippen LogP contribution < -0.4 is 9.64 Å². The molecule has 1 saturated heterocycles. The van der Waals surface area contributed by atoms with Crippen LogP contribution in [-0.2, 0) is 14.9 Å². The zero-order valence-electron chi connectivity index (χ0n) is 13.0. The topological polar surface area (TPSA) is 62.6 Å². The Morgan fingerprint density at radius 1 is 1.50 bits per heavy atom. The summed E-state index contributed by atoms with van der Waals surface area (Å²) < 4.78 is 11.5. The van der Waals surface area contributed by atoms with Crippen molar-refractivity contribution in [3.05, 3.63) is 23.8 Å². The van der Waals surface area contributed by atoms with Gasteiger partial charge >= 0.3 is 0 Å². The molecule has 0 aromatic heterocycles. The highest BCUT2D eigenvalue weighted by Crippen LogP contribution is 2.44. The highest BCUT2D eigenvalue weighted by molar-refractivity contribution is 6.07. The first kappa shape index (κ1) is 14.9. The molecule has 2 heterocycles. The normalized spacial score (nSPS) is 27.4. The number of fused-ring (bicyclic) bond motifs is 1. The molecule has 22 heavy (non-hydrogen) atoms. The van der Waals surface area contributed by atoms with Crippen LogP contribution in [0.4, 0.5) is 5.69 Å². The lowest BCUT2D eigenvalue weighted by Crippen LogP contribution is -2.35. The highest BCUT2D eigenvalue weighted by Gasteiger charge is 2.46. The van der Waals surface area contributed by atoms with Crippen molar-refractivity contribution < 1.29 is 14.3 Å². The van der Waals surface area contributed by atoms with Crippen LogP contribution in [0.3, 0.4) is 0 Å². The standard InChI is InChI=1S/C17H20N2O3/c1-17(8-9-18)13-11-12(22-15-5-3-4-10-21-15)6-7-14(13)19(2)16(17)20/h6-7,11,15H,3-5,8,10H2,1-2H3. The molecule has 0 spiro atoms. The summed E-state index contributed by atoms with van der Waals surface area (Å²) in [4.78, 5) is 14.1. The fraction of sp³-hybridized carbons (Fsp3) is 0.529. The molecule has 0 aliphatic carbocycles. The Balaban J connectivity index is 1.90. The second-order valence-corrected chi connectivity index (χ2v) is 6.12. The van der Waals surface area contributed by atoms with E-state index in [2.05, 4.69) is 6.07 Å². The van der Waals surface area contributed by atoms with Crippen LogP contribution in [-0.4, -0.2) is 25.9 Å². The third kappa shape index (κ3) is 2.34. The molecule has 116 valence electrons. The molecule has 5 nitrogen and oxygen atoms in total. The van der Waals surface area contributed by atoms with E-state index in [-0.39, 0.29) is 18.6 Å². The smallest absolute Gasteiger partial charge is 0.238 e. The minimum absolute atomic E-state index is 0.0462. The van der Waals surface area contributed by atoms with Gasteiger partial charge in [-0.2, -0.15) is 5.26 Å². The number of benzene rings is 1. The molecule has 1 aromatic rings. The lowest BCUT2D eigenvalue weighted by atomic mass is 9.81. The maximum atomic E-state index is 12.5. The molecule has 1 aromatic carbocycles.